The summed E-state index contributed by atoms with van der Waals surface area (Å²) in [5.41, 5.74) is 0. The van der Waals surface area contributed by atoms with Crippen molar-refractivity contribution >= 4 is 5.91 Å². The van der Waals surface area contributed by atoms with Crippen LogP contribution in [0.2, 0.25) is 0 Å². The Kier molecular flexibility index (Phi) is 42.3. The molecular formula is C55H101NO8. The number of aliphatic hydroxyl groups excluding tert-OH is 5. The minimum atomic E-state index is -1.58. The van der Waals surface area contributed by atoms with Gasteiger partial charge >= 0.3 is 0 Å². The first-order chi connectivity index (χ1) is 31.3. The summed E-state index contributed by atoms with van der Waals surface area (Å²) >= 11 is 0. The molecule has 1 aliphatic rings. The second-order valence-electron chi connectivity index (χ2n) is 18.6. The van der Waals surface area contributed by atoms with Crippen LogP contribution in [0.25, 0.3) is 0 Å². The van der Waals surface area contributed by atoms with E-state index in [0.29, 0.717) is 6.42 Å². The summed E-state index contributed by atoms with van der Waals surface area (Å²) in [6.07, 6.45) is 52.0. The fourth-order valence-electron chi connectivity index (χ4n) is 8.29. The summed E-state index contributed by atoms with van der Waals surface area (Å²) in [6.45, 7) is 3.71. The highest BCUT2D eigenvalue weighted by Crippen LogP contribution is 2.23. The van der Waals surface area contributed by atoms with Crippen molar-refractivity contribution in [3.63, 3.8) is 0 Å². The van der Waals surface area contributed by atoms with E-state index in [-0.39, 0.29) is 12.5 Å². The van der Waals surface area contributed by atoms with E-state index in [1.54, 1.807) is 6.08 Å². The van der Waals surface area contributed by atoms with Crippen LogP contribution in [0.15, 0.2) is 48.6 Å². The zero-order valence-corrected chi connectivity index (χ0v) is 41.3. The molecule has 0 spiro atoms. The number of carbonyl (C=O) groups is 1. The number of ether oxygens (including phenoxy) is 2. The summed E-state index contributed by atoms with van der Waals surface area (Å²) in [7, 11) is 0. The fraction of sp³-hybridized carbons (Fsp3) is 0.836. The second kappa shape index (κ2) is 45.0. The molecule has 0 aromatic rings. The monoisotopic (exact) mass is 904 g/mol. The third kappa shape index (κ3) is 34.5. The SMILES string of the molecule is CCCC/C=C\CCCCCCCC(=O)NC(COC1OC(CO)C(O)C(O)C1O)C(O)/C=C/CC/C=C/CC/C=C/CCCCCCCCCCCCCCCCCCCCCC. The highest BCUT2D eigenvalue weighted by atomic mass is 16.7. The average molecular weight is 904 g/mol. The molecule has 6 N–H and O–H groups in total. The van der Waals surface area contributed by atoms with Gasteiger partial charge in [0.2, 0.25) is 5.91 Å². The van der Waals surface area contributed by atoms with E-state index in [1.807, 2.05) is 6.08 Å². The van der Waals surface area contributed by atoms with Gasteiger partial charge in [0.05, 0.1) is 25.4 Å². The number of allylic oxidation sites excluding steroid dienone is 7. The minimum absolute atomic E-state index is 0.202. The smallest absolute Gasteiger partial charge is 0.220 e. The van der Waals surface area contributed by atoms with Gasteiger partial charge in [0.25, 0.3) is 0 Å². The lowest BCUT2D eigenvalue weighted by molar-refractivity contribution is -0.302. The van der Waals surface area contributed by atoms with Crippen molar-refractivity contribution in [3.8, 4) is 0 Å². The van der Waals surface area contributed by atoms with E-state index < -0.39 is 49.5 Å². The molecule has 0 saturated carbocycles. The molecule has 0 aromatic heterocycles. The molecule has 1 amide bonds. The standard InChI is InChI=1S/C55H101NO8/c1-3-5-7-9-11-13-15-16-17-18-19-20-21-22-23-24-25-26-27-28-29-30-31-32-33-35-36-38-40-42-44-49(58)48(47-63-55-54(62)53(61)52(60)50(46-57)64-55)56-51(59)45-43-41-39-37-34-14-12-10-8-6-4-2/h10,12,30-31,35-36,42,44,48-50,52-55,57-58,60-62H,3-9,11,13-29,32-34,37-41,43,45-47H2,1-2H3,(H,56,59)/b12-10-,31-30+,36-35+,44-42+. The number of unbranched alkanes of at least 4 members (excludes halogenated alkanes) is 29. The molecule has 1 rings (SSSR count). The third-order valence-electron chi connectivity index (χ3n) is 12.6. The van der Waals surface area contributed by atoms with E-state index in [0.717, 1.165) is 70.6 Å². The van der Waals surface area contributed by atoms with Crippen LogP contribution in [0, 0.1) is 0 Å². The number of hydrogen-bond acceptors (Lipinski definition) is 8. The molecule has 64 heavy (non-hydrogen) atoms. The normalized spacial score (nSPS) is 20.4. The van der Waals surface area contributed by atoms with Crippen LogP contribution in [0.3, 0.4) is 0 Å². The fourth-order valence-corrected chi connectivity index (χ4v) is 8.29. The minimum Gasteiger partial charge on any atom is -0.394 e. The molecular weight excluding hydrogens is 803 g/mol. The zero-order chi connectivity index (χ0) is 46.6. The number of amides is 1. The molecule has 0 aliphatic carbocycles. The van der Waals surface area contributed by atoms with Crippen LogP contribution in [0.1, 0.15) is 239 Å². The van der Waals surface area contributed by atoms with Crippen LogP contribution in [-0.2, 0) is 14.3 Å². The molecule has 0 aromatic carbocycles. The molecule has 9 heteroatoms. The summed E-state index contributed by atoms with van der Waals surface area (Å²) in [5, 5.41) is 54.2. The van der Waals surface area contributed by atoms with Gasteiger partial charge in [-0.15, -0.1) is 0 Å². The van der Waals surface area contributed by atoms with Crippen molar-refractivity contribution in [1.29, 1.82) is 0 Å². The number of nitrogens with one attached hydrogen (secondary N) is 1. The van der Waals surface area contributed by atoms with Crippen LogP contribution >= 0.6 is 0 Å². The molecule has 1 fully saturated rings. The first kappa shape index (κ1) is 60.2. The maximum absolute atomic E-state index is 12.9. The van der Waals surface area contributed by atoms with Gasteiger partial charge in [-0.25, -0.2) is 0 Å². The van der Waals surface area contributed by atoms with Gasteiger partial charge < -0.3 is 40.3 Å². The Bertz CT molecular complexity index is 1140. The number of carbonyl (C=O) groups excluding carboxylic acids is 1. The van der Waals surface area contributed by atoms with Gasteiger partial charge in [-0.3, -0.25) is 4.79 Å². The van der Waals surface area contributed by atoms with Gasteiger partial charge in [0.1, 0.15) is 24.4 Å². The molecule has 1 saturated heterocycles. The summed E-state index contributed by atoms with van der Waals surface area (Å²) < 4.78 is 11.2. The average Bonchev–Trinajstić information content (AvgIpc) is 3.29. The maximum atomic E-state index is 12.9. The van der Waals surface area contributed by atoms with Crippen molar-refractivity contribution < 1.29 is 39.8 Å². The van der Waals surface area contributed by atoms with Crippen molar-refractivity contribution in [3.05, 3.63) is 48.6 Å². The molecule has 1 aliphatic heterocycles. The van der Waals surface area contributed by atoms with Gasteiger partial charge in [0.15, 0.2) is 6.29 Å². The highest BCUT2D eigenvalue weighted by molar-refractivity contribution is 5.76. The lowest BCUT2D eigenvalue weighted by Gasteiger charge is -2.40. The lowest BCUT2D eigenvalue weighted by Crippen LogP contribution is -2.60. The predicted octanol–water partition coefficient (Wildman–Crippen LogP) is 12.6. The summed E-state index contributed by atoms with van der Waals surface area (Å²) in [4.78, 5) is 12.9. The largest absolute Gasteiger partial charge is 0.394 e. The van der Waals surface area contributed by atoms with Gasteiger partial charge in [0, 0.05) is 6.42 Å². The van der Waals surface area contributed by atoms with E-state index in [2.05, 4.69) is 55.6 Å². The highest BCUT2D eigenvalue weighted by Gasteiger charge is 2.44. The topological polar surface area (TPSA) is 149 Å². The molecule has 7 atom stereocenters. The second-order valence-corrected chi connectivity index (χ2v) is 18.6. The first-order valence-corrected chi connectivity index (χ1v) is 26.9. The van der Waals surface area contributed by atoms with Crippen LogP contribution in [-0.4, -0.2) is 87.5 Å². The Morgan fingerprint density at radius 3 is 1.36 bits per heavy atom. The van der Waals surface area contributed by atoms with E-state index in [1.165, 1.54) is 148 Å². The molecule has 374 valence electrons. The van der Waals surface area contributed by atoms with Crippen LogP contribution in [0.4, 0.5) is 0 Å². The summed E-state index contributed by atoms with van der Waals surface area (Å²) in [5.74, 6) is -0.202. The van der Waals surface area contributed by atoms with Crippen LogP contribution < -0.4 is 5.32 Å². The molecule has 0 radical (unpaired) electrons. The van der Waals surface area contributed by atoms with Gasteiger partial charge in [-0.2, -0.15) is 0 Å². The van der Waals surface area contributed by atoms with E-state index >= 15 is 0 Å². The Balaban J connectivity index is 2.22. The Morgan fingerprint density at radius 1 is 0.516 bits per heavy atom. The van der Waals surface area contributed by atoms with Crippen molar-refractivity contribution in [1.82, 2.24) is 5.32 Å². The number of aliphatic hydroxyl groups is 5. The summed E-state index contributed by atoms with van der Waals surface area (Å²) in [6, 6.07) is -0.832. The Labute approximate surface area is 393 Å². The van der Waals surface area contributed by atoms with Crippen molar-refractivity contribution in [2.24, 2.45) is 0 Å². The molecule has 0 bridgehead atoms. The van der Waals surface area contributed by atoms with Crippen molar-refractivity contribution in [2.45, 2.75) is 281 Å². The van der Waals surface area contributed by atoms with Gasteiger partial charge in [-0.1, -0.05) is 217 Å². The quantitative estimate of drug-likeness (QED) is 0.0261. The van der Waals surface area contributed by atoms with Gasteiger partial charge in [-0.05, 0) is 64.2 Å². The molecule has 1 heterocycles. The first-order valence-electron chi connectivity index (χ1n) is 26.9. The maximum Gasteiger partial charge on any atom is 0.220 e. The zero-order valence-electron chi connectivity index (χ0n) is 41.3. The molecule has 7 unspecified atom stereocenters. The number of hydrogen-bond donors (Lipinski definition) is 6. The third-order valence-corrected chi connectivity index (χ3v) is 12.6. The van der Waals surface area contributed by atoms with Crippen LogP contribution in [0.5, 0.6) is 0 Å². The molecule has 9 nitrogen and oxygen atoms in total. The van der Waals surface area contributed by atoms with E-state index in [9.17, 15) is 30.3 Å². The Morgan fingerprint density at radius 2 is 0.906 bits per heavy atom. The Hall–Kier alpha value is -1.85. The van der Waals surface area contributed by atoms with E-state index in [4.69, 9.17) is 9.47 Å². The predicted molar refractivity (Wildman–Crippen MR) is 267 cm³/mol. The van der Waals surface area contributed by atoms with Crippen molar-refractivity contribution in [2.75, 3.05) is 13.2 Å². The lowest BCUT2D eigenvalue weighted by atomic mass is 9.99. The number of rotatable bonds is 45.